The first-order chi connectivity index (χ1) is 9.66. The van der Waals surface area contributed by atoms with Crippen molar-refractivity contribution in [1.82, 2.24) is 19.2 Å². The lowest BCUT2D eigenvalue weighted by molar-refractivity contribution is 0.182. The Morgan fingerprint density at radius 3 is 2.70 bits per heavy atom. The fraction of sp³-hybridized carbons (Fsp3) is 0.417. The minimum Gasteiger partial charge on any atom is -0.335 e. The van der Waals surface area contributed by atoms with Crippen LogP contribution in [0.5, 0.6) is 0 Å². The van der Waals surface area contributed by atoms with Crippen molar-refractivity contribution in [2.24, 2.45) is 0 Å². The number of nitrogens with one attached hydrogen (secondary N) is 1. The Morgan fingerprint density at radius 1 is 1.30 bits per heavy atom. The summed E-state index contributed by atoms with van der Waals surface area (Å²) >= 11 is 1.73. The van der Waals surface area contributed by atoms with Crippen LogP contribution in [0.3, 0.4) is 0 Å². The van der Waals surface area contributed by atoms with E-state index in [9.17, 15) is 8.42 Å². The van der Waals surface area contributed by atoms with Gasteiger partial charge in [0, 0.05) is 37.6 Å². The average Bonchev–Trinajstić information content (AvgIpc) is 3.12. The molecule has 0 bridgehead atoms. The first kappa shape index (κ1) is 13.7. The summed E-state index contributed by atoms with van der Waals surface area (Å²) in [7, 11) is -3.41. The van der Waals surface area contributed by atoms with Gasteiger partial charge in [0.25, 0.3) is 10.0 Å². The Bertz CT molecular complexity index is 629. The summed E-state index contributed by atoms with van der Waals surface area (Å²) < 4.78 is 26.1. The van der Waals surface area contributed by atoms with Gasteiger partial charge in [-0.25, -0.2) is 13.4 Å². The number of nitrogens with zero attached hydrogens (tertiary/aromatic N) is 3. The molecule has 8 heteroatoms. The van der Waals surface area contributed by atoms with Crippen molar-refractivity contribution in [3.8, 4) is 0 Å². The van der Waals surface area contributed by atoms with Crippen molar-refractivity contribution >= 4 is 21.4 Å². The van der Waals surface area contributed by atoms with E-state index in [2.05, 4.69) is 26.3 Å². The van der Waals surface area contributed by atoms with Gasteiger partial charge in [0.1, 0.15) is 0 Å². The summed E-state index contributed by atoms with van der Waals surface area (Å²) in [5, 5.41) is 2.23. The summed E-state index contributed by atoms with van der Waals surface area (Å²) in [6.07, 6.45) is 2.74. The van der Waals surface area contributed by atoms with Crippen molar-refractivity contribution in [3.05, 3.63) is 34.9 Å². The maximum absolute atomic E-state index is 12.3. The van der Waals surface area contributed by atoms with E-state index in [4.69, 9.17) is 0 Å². The third kappa shape index (κ3) is 2.78. The topological polar surface area (TPSA) is 69.3 Å². The first-order valence-electron chi connectivity index (χ1n) is 6.39. The monoisotopic (exact) mass is 312 g/mol. The maximum Gasteiger partial charge on any atom is 0.260 e. The van der Waals surface area contributed by atoms with Crippen molar-refractivity contribution in [2.45, 2.75) is 11.6 Å². The molecule has 0 saturated carbocycles. The smallest absolute Gasteiger partial charge is 0.260 e. The fourth-order valence-corrected chi connectivity index (χ4v) is 4.34. The molecule has 2 aromatic rings. The van der Waals surface area contributed by atoms with E-state index in [-0.39, 0.29) is 5.03 Å². The van der Waals surface area contributed by atoms with Crippen LogP contribution < -0.4 is 0 Å². The van der Waals surface area contributed by atoms with Gasteiger partial charge in [-0.1, -0.05) is 6.07 Å². The molecule has 0 unspecified atom stereocenters. The molecular weight excluding hydrogens is 296 g/mol. The zero-order valence-corrected chi connectivity index (χ0v) is 12.5. The normalized spacial score (nSPS) is 18.4. The highest BCUT2D eigenvalue weighted by Gasteiger charge is 2.29. The molecule has 1 N–H and O–H groups in total. The molecule has 3 rings (SSSR count). The highest BCUT2D eigenvalue weighted by atomic mass is 32.2. The standard InChI is InChI=1S/C12H16N4O2S2/c17-20(18,12-8-13-10-14-12)16-5-3-15(4-6-16)9-11-2-1-7-19-11/h1-2,7-8,10H,3-6,9H2,(H,13,14). The van der Waals surface area contributed by atoms with Crippen LogP contribution in [0.4, 0.5) is 0 Å². The lowest BCUT2D eigenvalue weighted by Gasteiger charge is -2.33. The number of thiophene rings is 1. The summed E-state index contributed by atoms with van der Waals surface area (Å²) in [4.78, 5) is 10.0. The second kappa shape index (κ2) is 5.65. The Kier molecular flexibility index (Phi) is 3.88. The summed E-state index contributed by atoms with van der Waals surface area (Å²) in [5.74, 6) is 0. The molecule has 1 aliphatic rings. The number of hydrogen-bond donors (Lipinski definition) is 1. The largest absolute Gasteiger partial charge is 0.335 e. The Hall–Kier alpha value is -1.22. The minimum absolute atomic E-state index is 0.171. The summed E-state index contributed by atoms with van der Waals surface area (Å²) in [6.45, 7) is 3.45. The van der Waals surface area contributed by atoms with Crippen molar-refractivity contribution < 1.29 is 8.42 Å². The number of aromatic amines is 1. The Morgan fingerprint density at radius 2 is 2.10 bits per heavy atom. The molecular formula is C12H16N4O2S2. The van der Waals surface area contributed by atoms with Crippen LogP contribution in [0.1, 0.15) is 4.88 Å². The molecule has 0 atom stereocenters. The van der Waals surface area contributed by atoms with E-state index in [1.807, 2.05) is 6.07 Å². The van der Waals surface area contributed by atoms with Gasteiger partial charge in [-0.15, -0.1) is 11.3 Å². The second-order valence-electron chi connectivity index (χ2n) is 4.68. The molecule has 1 fully saturated rings. The molecule has 0 spiro atoms. The van der Waals surface area contributed by atoms with E-state index in [0.29, 0.717) is 13.1 Å². The average molecular weight is 312 g/mol. The van der Waals surface area contributed by atoms with Crippen LogP contribution in [0.25, 0.3) is 0 Å². The molecule has 20 heavy (non-hydrogen) atoms. The fourth-order valence-electron chi connectivity index (χ4n) is 2.27. The maximum atomic E-state index is 12.3. The number of rotatable bonds is 4. The highest BCUT2D eigenvalue weighted by molar-refractivity contribution is 7.89. The molecule has 2 aromatic heterocycles. The highest BCUT2D eigenvalue weighted by Crippen LogP contribution is 2.17. The Balaban J connectivity index is 1.61. The number of sulfonamides is 1. The third-order valence-corrected chi connectivity index (χ3v) is 6.07. The number of aromatic nitrogens is 2. The van der Waals surface area contributed by atoms with E-state index >= 15 is 0 Å². The SMILES string of the molecule is O=S(=O)(c1cnc[nH]1)N1CCN(Cc2cccs2)CC1. The lowest BCUT2D eigenvalue weighted by Crippen LogP contribution is -2.48. The third-order valence-electron chi connectivity index (χ3n) is 3.38. The van der Waals surface area contributed by atoms with E-state index in [1.165, 1.54) is 21.7 Å². The molecule has 0 aromatic carbocycles. The molecule has 108 valence electrons. The molecule has 0 aliphatic carbocycles. The van der Waals surface area contributed by atoms with Crippen molar-refractivity contribution in [1.29, 1.82) is 0 Å². The summed E-state index contributed by atoms with van der Waals surface area (Å²) in [5.41, 5.74) is 0. The van der Waals surface area contributed by atoms with Crippen LogP contribution in [0, 0.1) is 0 Å². The number of imidazole rings is 1. The van der Waals surface area contributed by atoms with Crippen molar-refractivity contribution in [3.63, 3.8) is 0 Å². The van der Waals surface area contributed by atoms with Gasteiger partial charge < -0.3 is 4.98 Å². The molecule has 1 aliphatic heterocycles. The number of hydrogen-bond acceptors (Lipinski definition) is 5. The van der Waals surface area contributed by atoms with Gasteiger partial charge >= 0.3 is 0 Å². The number of H-pyrrole nitrogens is 1. The zero-order chi connectivity index (χ0) is 14.0. The van der Waals surface area contributed by atoms with Gasteiger partial charge in [-0.05, 0) is 11.4 Å². The lowest BCUT2D eigenvalue weighted by atomic mass is 10.3. The van der Waals surface area contributed by atoms with Crippen LogP contribution in [-0.4, -0.2) is 53.8 Å². The van der Waals surface area contributed by atoms with Crippen LogP contribution in [-0.2, 0) is 16.6 Å². The van der Waals surface area contributed by atoms with Gasteiger partial charge in [0.2, 0.25) is 0 Å². The Labute approximate surface area is 122 Å². The predicted molar refractivity (Wildman–Crippen MR) is 76.9 cm³/mol. The van der Waals surface area contributed by atoms with Gasteiger partial charge in [0.05, 0.1) is 12.5 Å². The molecule has 0 amide bonds. The summed E-state index contributed by atoms with van der Waals surface area (Å²) in [6, 6.07) is 4.15. The van der Waals surface area contributed by atoms with E-state index < -0.39 is 10.0 Å². The van der Waals surface area contributed by atoms with Crippen molar-refractivity contribution in [2.75, 3.05) is 26.2 Å². The van der Waals surface area contributed by atoms with Gasteiger partial charge in [0.15, 0.2) is 5.03 Å². The van der Waals surface area contributed by atoms with Crippen LogP contribution >= 0.6 is 11.3 Å². The molecule has 1 saturated heterocycles. The van der Waals surface area contributed by atoms with E-state index in [0.717, 1.165) is 19.6 Å². The predicted octanol–water partition coefficient (Wildman–Crippen LogP) is 0.978. The first-order valence-corrected chi connectivity index (χ1v) is 8.71. The minimum atomic E-state index is -3.41. The van der Waals surface area contributed by atoms with E-state index in [1.54, 1.807) is 11.3 Å². The van der Waals surface area contributed by atoms with Gasteiger partial charge in [-0.2, -0.15) is 4.31 Å². The molecule has 3 heterocycles. The van der Waals surface area contributed by atoms with Crippen LogP contribution in [0.15, 0.2) is 35.1 Å². The van der Waals surface area contributed by atoms with Gasteiger partial charge in [-0.3, -0.25) is 4.90 Å². The molecule has 6 nitrogen and oxygen atoms in total. The molecule has 0 radical (unpaired) electrons. The zero-order valence-electron chi connectivity index (χ0n) is 10.9. The second-order valence-corrected chi connectivity index (χ2v) is 7.61. The van der Waals surface area contributed by atoms with Crippen LogP contribution in [0.2, 0.25) is 0 Å². The quantitative estimate of drug-likeness (QED) is 0.913. The number of piperazine rings is 1.